The number of benzene rings is 1. The molecule has 0 spiro atoms. The van der Waals surface area contributed by atoms with Crippen molar-refractivity contribution in [3.05, 3.63) is 29.8 Å². The van der Waals surface area contributed by atoms with Crippen molar-refractivity contribution < 1.29 is 18.3 Å². The van der Waals surface area contributed by atoms with Crippen molar-refractivity contribution in [2.75, 3.05) is 19.7 Å². The maximum atomic E-state index is 12.3. The molecule has 110 valence electrons. The van der Waals surface area contributed by atoms with E-state index in [0.717, 1.165) is 12.8 Å². The SMILES string of the molecule is CCN(CCO)S(=O)(=O)c1ccc(C(=O)C2CC2)cc1. The summed E-state index contributed by atoms with van der Waals surface area (Å²) in [4.78, 5) is 12.0. The van der Waals surface area contributed by atoms with Gasteiger partial charge in [0.15, 0.2) is 5.78 Å². The van der Waals surface area contributed by atoms with Crippen molar-refractivity contribution in [2.24, 2.45) is 5.92 Å². The van der Waals surface area contributed by atoms with Crippen LogP contribution in [0.1, 0.15) is 30.1 Å². The molecule has 1 fully saturated rings. The van der Waals surface area contributed by atoms with E-state index in [1.807, 2.05) is 0 Å². The van der Waals surface area contributed by atoms with E-state index >= 15 is 0 Å². The Morgan fingerprint density at radius 1 is 1.30 bits per heavy atom. The van der Waals surface area contributed by atoms with Crippen LogP contribution in [0.25, 0.3) is 0 Å². The van der Waals surface area contributed by atoms with Gasteiger partial charge in [-0.3, -0.25) is 4.79 Å². The third-order valence-electron chi connectivity index (χ3n) is 3.43. The van der Waals surface area contributed by atoms with Crippen molar-refractivity contribution in [1.82, 2.24) is 4.31 Å². The number of nitrogens with zero attached hydrogens (tertiary/aromatic N) is 1. The summed E-state index contributed by atoms with van der Waals surface area (Å²) in [5, 5.41) is 8.91. The van der Waals surface area contributed by atoms with E-state index < -0.39 is 10.0 Å². The van der Waals surface area contributed by atoms with Gasteiger partial charge in [0.1, 0.15) is 0 Å². The summed E-state index contributed by atoms with van der Waals surface area (Å²) >= 11 is 0. The number of likely N-dealkylation sites (N-methyl/N-ethyl adjacent to an activating group) is 1. The molecule has 0 unspecified atom stereocenters. The highest BCUT2D eigenvalue weighted by Crippen LogP contribution is 2.32. The van der Waals surface area contributed by atoms with Gasteiger partial charge in [-0.2, -0.15) is 4.31 Å². The maximum absolute atomic E-state index is 12.3. The van der Waals surface area contributed by atoms with Gasteiger partial charge in [0.2, 0.25) is 10.0 Å². The second kappa shape index (κ2) is 6.03. The van der Waals surface area contributed by atoms with E-state index in [4.69, 9.17) is 5.11 Å². The average Bonchev–Trinajstić information content (AvgIpc) is 3.28. The van der Waals surface area contributed by atoms with E-state index in [-0.39, 0.29) is 29.7 Å². The number of Topliss-reactive ketones (excluding diaryl/α,β-unsaturated/α-hetero) is 1. The zero-order valence-electron chi connectivity index (χ0n) is 11.4. The van der Waals surface area contributed by atoms with Gasteiger partial charge in [-0.05, 0) is 25.0 Å². The second-order valence-corrected chi connectivity index (χ2v) is 6.82. The molecule has 0 amide bonds. The van der Waals surface area contributed by atoms with E-state index in [1.54, 1.807) is 19.1 Å². The van der Waals surface area contributed by atoms with Gasteiger partial charge in [-0.25, -0.2) is 8.42 Å². The highest BCUT2D eigenvalue weighted by Gasteiger charge is 2.30. The topological polar surface area (TPSA) is 74.7 Å². The fraction of sp³-hybridized carbons (Fsp3) is 0.500. The summed E-state index contributed by atoms with van der Waals surface area (Å²) in [6.45, 7) is 1.87. The molecule has 6 heteroatoms. The molecule has 1 N–H and O–H groups in total. The van der Waals surface area contributed by atoms with E-state index in [0.29, 0.717) is 12.1 Å². The van der Waals surface area contributed by atoms with Crippen molar-refractivity contribution in [3.8, 4) is 0 Å². The Hall–Kier alpha value is -1.24. The maximum Gasteiger partial charge on any atom is 0.243 e. The third kappa shape index (κ3) is 3.08. The van der Waals surface area contributed by atoms with Crippen LogP contribution < -0.4 is 0 Å². The fourth-order valence-corrected chi connectivity index (χ4v) is 3.52. The van der Waals surface area contributed by atoms with Gasteiger partial charge >= 0.3 is 0 Å². The van der Waals surface area contributed by atoms with Crippen LogP contribution in [0.15, 0.2) is 29.2 Å². The lowest BCUT2D eigenvalue weighted by Gasteiger charge is -2.19. The van der Waals surface area contributed by atoms with Gasteiger partial charge in [-0.1, -0.05) is 19.1 Å². The largest absolute Gasteiger partial charge is 0.395 e. The molecule has 0 aliphatic heterocycles. The lowest BCUT2D eigenvalue weighted by atomic mass is 10.1. The molecule has 1 aromatic rings. The molecule has 0 saturated heterocycles. The summed E-state index contributed by atoms with van der Waals surface area (Å²) in [6, 6.07) is 6.07. The zero-order chi connectivity index (χ0) is 14.8. The van der Waals surface area contributed by atoms with Gasteiger partial charge in [0, 0.05) is 24.6 Å². The first-order valence-corrected chi connectivity index (χ1v) is 8.20. The Kier molecular flexibility index (Phi) is 4.57. The normalized spacial score (nSPS) is 15.6. The van der Waals surface area contributed by atoms with Gasteiger partial charge in [-0.15, -0.1) is 0 Å². The van der Waals surface area contributed by atoms with Crippen LogP contribution in [0.5, 0.6) is 0 Å². The molecule has 0 radical (unpaired) electrons. The van der Waals surface area contributed by atoms with Crippen LogP contribution in [-0.2, 0) is 10.0 Å². The van der Waals surface area contributed by atoms with Crippen molar-refractivity contribution in [3.63, 3.8) is 0 Å². The fourth-order valence-electron chi connectivity index (χ4n) is 2.08. The molecule has 1 aliphatic rings. The number of carbonyl (C=O) groups excluding carboxylic acids is 1. The Balaban J connectivity index is 2.21. The molecule has 1 aromatic carbocycles. The monoisotopic (exact) mass is 297 g/mol. The summed E-state index contributed by atoms with van der Waals surface area (Å²) in [5.74, 6) is 0.218. The summed E-state index contributed by atoms with van der Waals surface area (Å²) in [5.41, 5.74) is 0.566. The lowest BCUT2D eigenvalue weighted by Crippen LogP contribution is -2.33. The predicted octanol–water partition coefficient (Wildman–Crippen LogP) is 1.28. The highest BCUT2D eigenvalue weighted by atomic mass is 32.2. The van der Waals surface area contributed by atoms with Crippen molar-refractivity contribution in [1.29, 1.82) is 0 Å². The molecule has 0 heterocycles. The van der Waals surface area contributed by atoms with Crippen molar-refractivity contribution >= 4 is 15.8 Å². The summed E-state index contributed by atoms with van der Waals surface area (Å²) < 4.78 is 25.8. The number of rotatable bonds is 7. The minimum atomic E-state index is -3.60. The molecule has 5 nitrogen and oxygen atoms in total. The van der Waals surface area contributed by atoms with Crippen LogP contribution in [-0.4, -0.2) is 43.3 Å². The van der Waals surface area contributed by atoms with Gasteiger partial charge in [0.05, 0.1) is 11.5 Å². The quantitative estimate of drug-likeness (QED) is 0.769. The first-order chi connectivity index (χ1) is 9.50. The Bertz CT molecular complexity index is 576. The van der Waals surface area contributed by atoms with Crippen LogP contribution >= 0.6 is 0 Å². The number of aliphatic hydroxyl groups is 1. The van der Waals surface area contributed by atoms with Crippen LogP contribution in [0, 0.1) is 5.92 Å². The Labute approximate surface area is 119 Å². The Morgan fingerprint density at radius 2 is 1.90 bits per heavy atom. The number of hydrogen-bond donors (Lipinski definition) is 1. The molecular weight excluding hydrogens is 278 g/mol. The number of sulfonamides is 1. The second-order valence-electron chi connectivity index (χ2n) is 4.88. The van der Waals surface area contributed by atoms with E-state index in [2.05, 4.69) is 0 Å². The third-order valence-corrected chi connectivity index (χ3v) is 5.42. The number of ketones is 1. The molecule has 1 aliphatic carbocycles. The molecule has 2 rings (SSSR count). The zero-order valence-corrected chi connectivity index (χ0v) is 12.3. The minimum absolute atomic E-state index is 0.0710. The number of carbonyl (C=O) groups is 1. The standard InChI is InChI=1S/C14H19NO4S/c1-2-15(9-10-16)20(18,19)13-7-5-12(6-8-13)14(17)11-3-4-11/h5-8,11,16H,2-4,9-10H2,1H3. The Morgan fingerprint density at radius 3 is 2.35 bits per heavy atom. The summed E-state index contributed by atoms with van der Waals surface area (Å²) in [7, 11) is -3.60. The number of aliphatic hydroxyl groups excluding tert-OH is 1. The molecule has 0 aromatic heterocycles. The molecule has 20 heavy (non-hydrogen) atoms. The summed E-state index contributed by atoms with van der Waals surface area (Å²) in [6.07, 6.45) is 1.86. The average molecular weight is 297 g/mol. The van der Waals surface area contributed by atoms with Crippen LogP contribution in [0.3, 0.4) is 0 Å². The first-order valence-electron chi connectivity index (χ1n) is 6.76. The number of hydrogen-bond acceptors (Lipinski definition) is 4. The minimum Gasteiger partial charge on any atom is -0.395 e. The smallest absolute Gasteiger partial charge is 0.243 e. The van der Waals surface area contributed by atoms with E-state index in [9.17, 15) is 13.2 Å². The highest BCUT2D eigenvalue weighted by molar-refractivity contribution is 7.89. The molecular formula is C14H19NO4S. The first kappa shape index (κ1) is 15.2. The predicted molar refractivity (Wildman–Crippen MR) is 75.0 cm³/mol. The van der Waals surface area contributed by atoms with Gasteiger partial charge in [0.25, 0.3) is 0 Å². The molecule has 1 saturated carbocycles. The van der Waals surface area contributed by atoms with Crippen molar-refractivity contribution in [2.45, 2.75) is 24.7 Å². The van der Waals surface area contributed by atoms with Crippen LogP contribution in [0.4, 0.5) is 0 Å². The van der Waals surface area contributed by atoms with Crippen LogP contribution in [0.2, 0.25) is 0 Å². The molecule has 0 atom stereocenters. The lowest BCUT2D eigenvalue weighted by molar-refractivity contribution is 0.0967. The van der Waals surface area contributed by atoms with Gasteiger partial charge < -0.3 is 5.11 Å². The molecule has 0 bridgehead atoms. The van der Waals surface area contributed by atoms with E-state index in [1.165, 1.54) is 16.4 Å².